The van der Waals surface area contributed by atoms with E-state index >= 15 is 0 Å². The van der Waals surface area contributed by atoms with E-state index in [1.165, 1.54) is 25.7 Å². The van der Waals surface area contributed by atoms with Gasteiger partial charge in [-0.1, -0.05) is 32.0 Å². The topological polar surface area (TPSA) is 55.0 Å². The molecule has 0 amide bonds. The molecule has 0 aliphatic heterocycles. The van der Waals surface area contributed by atoms with Crippen molar-refractivity contribution >= 4 is 23.0 Å². The van der Waals surface area contributed by atoms with E-state index in [0.29, 0.717) is 16.7 Å². The molecule has 2 rings (SSSR count). The molecule has 1 aliphatic rings. The Bertz CT molecular complexity index is 435. The van der Waals surface area contributed by atoms with Crippen LogP contribution < -0.4 is 10.6 Å². The van der Waals surface area contributed by atoms with Crippen molar-refractivity contribution in [1.29, 1.82) is 0 Å². The Labute approximate surface area is 114 Å². The maximum absolute atomic E-state index is 5.71. The van der Waals surface area contributed by atoms with Gasteiger partial charge in [-0.15, -0.1) is 0 Å². The summed E-state index contributed by atoms with van der Waals surface area (Å²) in [5, 5.41) is 0. The van der Waals surface area contributed by atoms with Crippen molar-refractivity contribution in [3.63, 3.8) is 0 Å². The molecule has 2 unspecified atom stereocenters. The molecule has 0 bridgehead atoms. The second-order valence-electron chi connectivity index (χ2n) is 5.13. The van der Waals surface area contributed by atoms with Gasteiger partial charge in [-0.05, 0) is 18.8 Å². The van der Waals surface area contributed by atoms with Crippen LogP contribution >= 0.6 is 12.2 Å². The molecule has 1 aliphatic carbocycles. The first-order valence-electron chi connectivity index (χ1n) is 6.43. The molecule has 2 atom stereocenters. The van der Waals surface area contributed by atoms with E-state index in [4.69, 9.17) is 18.0 Å². The summed E-state index contributed by atoms with van der Waals surface area (Å²) >= 11 is 5.04. The molecule has 1 heterocycles. The highest BCUT2D eigenvalue weighted by molar-refractivity contribution is 7.80. The number of aromatic nitrogens is 2. The first-order valence-corrected chi connectivity index (χ1v) is 6.84. The molecular weight excluding hydrogens is 244 g/mol. The van der Waals surface area contributed by atoms with E-state index in [1.54, 1.807) is 12.4 Å². The predicted molar refractivity (Wildman–Crippen MR) is 77.7 cm³/mol. The van der Waals surface area contributed by atoms with E-state index in [2.05, 4.69) is 28.8 Å². The van der Waals surface area contributed by atoms with Gasteiger partial charge < -0.3 is 10.6 Å². The van der Waals surface area contributed by atoms with Gasteiger partial charge in [-0.2, -0.15) is 0 Å². The summed E-state index contributed by atoms with van der Waals surface area (Å²) in [5.41, 5.74) is 6.34. The summed E-state index contributed by atoms with van der Waals surface area (Å²) in [6.45, 7) is 2.31. The standard InChI is InChI=1S/C13H20N4S/c1-9-4-3-5-10(8-9)17(2)13-11(12(14)18)15-6-7-16-13/h6-7,9-10H,3-5,8H2,1-2H3,(H2,14,18). The smallest absolute Gasteiger partial charge is 0.157 e. The average molecular weight is 264 g/mol. The molecule has 1 fully saturated rings. The highest BCUT2D eigenvalue weighted by atomic mass is 32.1. The second kappa shape index (κ2) is 5.61. The fourth-order valence-corrected chi connectivity index (χ4v) is 2.83. The average Bonchev–Trinajstić information content (AvgIpc) is 2.38. The Morgan fingerprint density at radius 2 is 2.11 bits per heavy atom. The Balaban J connectivity index is 2.22. The van der Waals surface area contributed by atoms with Crippen LogP contribution in [-0.4, -0.2) is 28.0 Å². The highest BCUT2D eigenvalue weighted by Gasteiger charge is 2.25. The van der Waals surface area contributed by atoms with Crippen LogP contribution in [0, 0.1) is 5.92 Å². The first kappa shape index (κ1) is 13.2. The van der Waals surface area contributed by atoms with Crippen LogP contribution in [0.25, 0.3) is 0 Å². The van der Waals surface area contributed by atoms with Crippen LogP contribution in [0.1, 0.15) is 38.3 Å². The van der Waals surface area contributed by atoms with Crippen molar-refractivity contribution < 1.29 is 0 Å². The van der Waals surface area contributed by atoms with Gasteiger partial charge in [0.1, 0.15) is 10.7 Å². The SMILES string of the molecule is CC1CCCC(N(C)c2nccnc2C(N)=S)C1. The van der Waals surface area contributed by atoms with Gasteiger partial charge in [0, 0.05) is 25.5 Å². The lowest BCUT2D eigenvalue weighted by Crippen LogP contribution is -2.37. The fraction of sp³-hybridized carbons (Fsp3) is 0.615. The molecule has 1 aromatic heterocycles. The minimum absolute atomic E-state index is 0.314. The Morgan fingerprint density at radius 1 is 1.39 bits per heavy atom. The van der Waals surface area contributed by atoms with Gasteiger partial charge in [0.2, 0.25) is 0 Å². The van der Waals surface area contributed by atoms with E-state index < -0.39 is 0 Å². The molecule has 0 radical (unpaired) electrons. The van der Waals surface area contributed by atoms with Crippen LogP contribution in [0.2, 0.25) is 0 Å². The predicted octanol–water partition coefficient (Wildman–Crippen LogP) is 2.13. The molecule has 4 nitrogen and oxygen atoms in total. The van der Waals surface area contributed by atoms with Crippen molar-refractivity contribution in [2.75, 3.05) is 11.9 Å². The van der Waals surface area contributed by atoms with E-state index in [9.17, 15) is 0 Å². The Kier molecular flexibility index (Phi) is 4.11. The van der Waals surface area contributed by atoms with Crippen LogP contribution in [-0.2, 0) is 0 Å². The normalized spacial score (nSPS) is 23.7. The summed E-state index contributed by atoms with van der Waals surface area (Å²) in [6.07, 6.45) is 8.33. The maximum atomic E-state index is 5.71. The fourth-order valence-electron chi connectivity index (χ4n) is 2.69. The number of anilines is 1. The summed E-state index contributed by atoms with van der Waals surface area (Å²) in [5.74, 6) is 1.58. The number of nitrogens with zero attached hydrogens (tertiary/aromatic N) is 3. The molecule has 1 saturated carbocycles. The quantitative estimate of drug-likeness (QED) is 0.848. The van der Waals surface area contributed by atoms with Gasteiger partial charge >= 0.3 is 0 Å². The lowest BCUT2D eigenvalue weighted by Gasteiger charge is -2.35. The molecule has 18 heavy (non-hydrogen) atoms. The van der Waals surface area contributed by atoms with Crippen molar-refractivity contribution in [3.05, 3.63) is 18.1 Å². The Hall–Kier alpha value is -1.23. The zero-order chi connectivity index (χ0) is 13.1. The van der Waals surface area contributed by atoms with Gasteiger partial charge in [0.15, 0.2) is 5.82 Å². The van der Waals surface area contributed by atoms with E-state index in [-0.39, 0.29) is 0 Å². The van der Waals surface area contributed by atoms with Gasteiger partial charge in [0.25, 0.3) is 0 Å². The molecule has 5 heteroatoms. The summed E-state index contributed by atoms with van der Waals surface area (Å²) in [7, 11) is 2.06. The largest absolute Gasteiger partial charge is 0.388 e. The van der Waals surface area contributed by atoms with Crippen LogP contribution in [0.4, 0.5) is 5.82 Å². The zero-order valence-electron chi connectivity index (χ0n) is 11.0. The lowest BCUT2D eigenvalue weighted by atomic mass is 9.86. The molecule has 0 spiro atoms. The second-order valence-corrected chi connectivity index (χ2v) is 5.57. The van der Waals surface area contributed by atoms with Crippen molar-refractivity contribution in [2.24, 2.45) is 11.7 Å². The molecule has 98 valence electrons. The monoisotopic (exact) mass is 264 g/mol. The number of hydrogen-bond acceptors (Lipinski definition) is 4. The van der Waals surface area contributed by atoms with Gasteiger partial charge in [-0.25, -0.2) is 9.97 Å². The van der Waals surface area contributed by atoms with Crippen LogP contribution in [0.15, 0.2) is 12.4 Å². The Morgan fingerprint density at radius 3 is 2.78 bits per heavy atom. The minimum atomic E-state index is 0.314. The van der Waals surface area contributed by atoms with Crippen molar-refractivity contribution in [3.8, 4) is 0 Å². The molecular formula is C13H20N4S. The highest BCUT2D eigenvalue weighted by Crippen LogP contribution is 2.29. The van der Waals surface area contributed by atoms with Gasteiger partial charge in [-0.3, -0.25) is 0 Å². The number of hydrogen-bond donors (Lipinski definition) is 1. The number of thiocarbonyl (C=S) groups is 1. The minimum Gasteiger partial charge on any atom is -0.388 e. The van der Waals surface area contributed by atoms with Crippen LogP contribution in [0.3, 0.4) is 0 Å². The summed E-state index contributed by atoms with van der Waals surface area (Å²) in [6, 6.07) is 0.513. The van der Waals surface area contributed by atoms with Crippen LogP contribution in [0.5, 0.6) is 0 Å². The van der Waals surface area contributed by atoms with Crippen molar-refractivity contribution in [2.45, 2.75) is 38.6 Å². The van der Waals surface area contributed by atoms with E-state index in [0.717, 1.165) is 11.7 Å². The molecule has 2 N–H and O–H groups in total. The molecule has 0 saturated heterocycles. The first-order chi connectivity index (χ1) is 8.59. The third-order valence-corrected chi connectivity index (χ3v) is 3.90. The number of nitrogens with two attached hydrogens (primary N) is 1. The lowest BCUT2D eigenvalue weighted by molar-refractivity contribution is 0.335. The number of rotatable bonds is 3. The third-order valence-electron chi connectivity index (χ3n) is 3.70. The summed E-state index contributed by atoms with van der Waals surface area (Å²) < 4.78 is 0. The zero-order valence-corrected chi connectivity index (χ0v) is 11.8. The van der Waals surface area contributed by atoms with E-state index in [1.807, 2.05) is 0 Å². The van der Waals surface area contributed by atoms with Crippen molar-refractivity contribution in [1.82, 2.24) is 9.97 Å². The maximum Gasteiger partial charge on any atom is 0.157 e. The van der Waals surface area contributed by atoms with Gasteiger partial charge in [0.05, 0.1) is 0 Å². The molecule has 1 aromatic rings. The molecule has 0 aromatic carbocycles. The summed E-state index contributed by atoms with van der Waals surface area (Å²) in [4.78, 5) is 11.1. The third kappa shape index (κ3) is 2.77.